The van der Waals surface area contributed by atoms with Crippen LogP contribution in [-0.4, -0.2) is 53.5 Å². The van der Waals surface area contributed by atoms with Crippen molar-refractivity contribution in [3.8, 4) is 6.07 Å². The molecule has 176 valence electrons. The van der Waals surface area contributed by atoms with Crippen LogP contribution in [0.15, 0.2) is 41.3 Å². The van der Waals surface area contributed by atoms with Crippen LogP contribution in [0.4, 0.5) is 11.5 Å². The SMILES string of the molecule is Cc1cc([C@@H](C)Nc2ccccc2C(=O)O)c2nc(N3CCS(=O)(=O)CC3)c(C#N)c(=O)n2c1. The number of carboxylic acid groups (broad SMARTS) is 1. The molecule has 1 aliphatic rings. The Morgan fingerprint density at radius 1 is 1.26 bits per heavy atom. The third-order valence-electron chi connectivity index (χ3n) is 5.82. The molecule has 0 saturated carbocycles. The maximum Gasteiger partial charge on any atom is 0.337 e. The van der Waals surface area contributed by atoms with Crippen LogP contribution in [0.3, 0.4) is 0 Å². The first-order chi connectivity index (χ1) is 16.1. The molecule has 2 aromatic heterocycles. The zero-order valence-corrected chi connectivity index (χ0v) is 19.5. The third-order valence-corrected chi connectivity index (χ3v) is 7.43. The van der Waals surface area contributed by atoms with Crippen LogP contribution in [0.2, 0.25) is 0 Å². The number of benzene rings is 1. The molecule has 1 fully saturated rings. The van der Waals surface area contributed by atoms with Crippen LogP contribution in [-0.2, 0) is 9.84 Å². The van der Waals surface area contributed by atoms with Crippen molar-refractivity contribution >= 4 is 33.0 Å². The monoisotopic (exact) mass is 481 g/mol. The lowest BCUT2D eigenvalue weighted by Crippen LogP contribution is -2.42. The minimum absolute atomic E-state index is 0.0798. The molecule has 34 heavy (non-hydrogen) atoms. The fourth-order valence-corrected chi connectivity index (χ4v) is 5.27. The Balaban J connectivity index is 1.85. The lowest BCUT2D eigenvalue weighted by Gasteiger charge is -2.28. The first kappa shape index (κ1) is 23.3. The van der Waals surface area contributed by atoms with Gasteiger partial charge in [-0.2, -0.15) is 5.26 Å². The second-order valence-corrected chi connectivity index (χ2v) is 10.6. The molecular weight excluding hydrogens is 458 g/mol. The van der Waals surface area contributed by atoms with E-state index in [0.717, 1.165) is 5.56 Å². The molecular formula is C23H23N5O5S. The molecule has 3 aromatic rings. The highest BCUT2D eigenvalue weighted by atomic mass is 32.2. The molecule has 0 aliphatic carbocycles. The summed E-state index contributed by atoms with van der Waals surface area (Å²) in [5.74, 6) is -1.07. The van der Waals surface area contributed by atoms with Gasteiger partial charge in [0.15, 0.2) is 21.2 Å². The molecule has 0 unspecified atom stereocenters. The van der Waals surface area contributed by atoms with Crippen LogP contribution in [0, 0.1) is 18.3 Å². The van der Waals surface area contributed by atoms with Gasteiger partial charge in [0.2, 0.25) is 0 Å². The summed E-state index contributed by atoms with van der Waals surface area (Å²) in [5.41, 5.74) is 1.54. The van der Waals surface area contributed by atoms with Gasteiger partial charge in [0.05, 0.1) is 23.1 Å². The van der Waals surface area contributed by atoms with Crippen LogP contribution < -0.4 is 15.8 Å². The number of nitrogens with zero attached hydrogens (tertiary/aromatic N) is 4. The van der Waals surface area contributed by atoms with Gasteiger partial charge in [-0.15, -0.1) is 0 Å². The molecule has 10 nitrogen and oxygen atoms in total. The Hall–Kier alpha value is -3.91. The van der Waals surface area contributed by atoms with Crippen molar-refractivity contribution in [3.05, 3.63) is 69.1 Å². The number of carboxylic acids is 1. The predicted molar refractivity (Wildman–Crippen MR) is 127 cm³/mol. The molecule has 0 radical (unpaired) electrons. The largest absolute Gasteiger partial charge is 0.478 e. The van der Waals surface area contributed by atoms with Crippen molar-refractivity contribution in [1.82, 2.24) is 9.38 Å². The van der Waals surface area contributed by atoms with E-state index < -0.39 is 27.4 Å². The molecule has 1 atom stereocenters. The number of aromatic carboxylic acids is 1. The lowest BCUT2D eigenvalue weighted by atomic mass is 10.1. The minimum Gasteiger partial charge on any atom is -0.478 e. The van der Waals surface area contributed by atoms with E-state index in [1.165, 1.54) is 10.5 Å². The summed E-state index contributed by atoms with van der Waals surface area (Å²) in [6.45, 7) is 3.91. The van der Waals surface area contributed by atoms with E-state index in [1.807, 2.05) is 26.0 Å². The second kappa shape index (κ2) is 8.79. The summed E-state index contributed by atoms with van der Waals surface area (Å²) in [7, 11) is -3.16. The highest BCUT2D eigenvalue weighted by Gasteiger charge is 2.27. The summed E-state index contributed by atoms with van der Waals surface area (Å²) in [6, 6.07) is 9.85. The van der Waals surface area contributed by atoms with Crippen molar-refractivity contribution in [1.29, 1.82) is 5.26 Å². The third kappa shape index (κ3) is 4.32. The smallest absolute Gasteiger partial charge is 0.337 e. The van der Waals surface area contributed by atoms with Gasteiger partial charge in [0.25, 0.3) is 5.56 Å². The first-order valence-electron chi connectivity index (χ1n) is 10.6. The Bertz CT molecular complexity index is 1490. The molecule has 1 saturated heterocycles. The zero-order valence-electron chi connectivity index (χ0n) is 18.6. The number of para-hydroxylation sites is 1. The van der Waals surface area contributed by atoms with Gasteiger partial charge in [-0.25, -0.2) is 18.2 Å². The highest BCUT2D eigenvalue weighted by Crippen LogP contribution is 2.27. The number of anilines is 2. The van der Waals surface area contributed by atoms with Gasteiger partial charge in [-0.1, -0.05) is 12.1 Å². The molecule has 0 spiro atoms. The molecule has 2 N–H and O–H groups in total. The number of aromatic nitrogens is 2. The Morgan fingerprint density at radius 2 is 1.94 bits per heavy atom. The zero-order chi connectivity index (χ0) is 24.6. The topological polar surface area (TPSA) is 145 Å². The number of nitrogens with one attached hydrogen (secondary N) is 1. The van der Waals surface area contributed by atoms with Crippen LogP contribution in [0.1, 0.15) is 40.0 Å². The number of fused-ring (bicyclic) bond motifs is 1. The Kier molecular flexibility index (Phi) is 6.01. The second-order valence-electron chi connectivity index (χ2n) is 8.25. The average molecular weight is 482 g/mol. The Morgan fingerprint density at radius 3 is 2.59 bits per heavy atom. The van der Waals surface area contributed by atoms with Crippen LogP contribution in [0.25, 0.3) is 5.65 Å². The molecule has 1 aromatic carbocycles. The highest BCUT2D eigenvalue weighted by molar-refractivity contribution is 7.91. The number of rotatable bonds is 5. The molecule has 3 heterocycles. The van der Waals surface area contributed by atoms with Crippen molar-refractivity contribution < 1.29 is 18.3 Å². The number of pyridine rings is 1. The van der Waals surface area contributed by atoms with Crippen LogP contribution >= 0.6 is 0 Å². The minimum atomic E-state index is -3.16. The number of hydrogen-bond donors (Lipinski definition) is 2. The number of sulfone groups is 1. The summed E-state index contributed by atoms with van der Waals surface area (Å²) in [5, 5.41) is 22.4. The first-order valence-corrected chi connectivity index (χ1v) is 12.4. The average Bonchev–Trinajstić information content (AvgIpc) is 2.79. The number of aryl methyl sites for hydroxylation is 1. The molecule has 0 amide bonds. The number of hydrogen-bond acceptors (Lipinski definition) is 8. The van der Waals surface area contributed by atoms with Gasteiger partial charge >= 0.3 is 5.97 Å². The van der Waals surface area contributed by atoms with E-state index in [0.29, 0.717) is 16.9 Å². The van der Waals surface area contributed by atoms with Crippen molar-refractivity contribution in [2.75, 3.05) is 34.8 Å². The number of carbonyl (C=O) groups is 1. The Labute approximate surface area is 196 Å². The molecule has 0 bridgehead atoms. The van der Waals surface area contributed by atoms with Crippen LogP contribution in [0.5, 0.6) is 0 Å². The summed E-state index contributed by atoms with van der Waals surface area (Å²) in [6.07, 6.45) is 1.59. The van der Waals surface area contributed by atoms with E-state index in [-0.39, 0.29) is 41.5 Å². The van der Waals surface area contributed by atoms with Gasteiger partial charge < -0.3 is 15.3 Å². The van der Waals surface area contributed by atoms with E-state index in [4.69, 9.17) is 0 Å². The van der Waals surface area contributed by atoms with E-state index in [2.05, 4.69) is 10.3 Å². The summed E-state index contributed by atoms with van der Waals surface area (Å²) < 4.78 is 25.0. The lowest BCUT2D eigenvalue weighted by molar-refractivity contribution is 0.0698. The van der Waals surface area contributed by atoms with Gasteiger partial charge in [-0.05, 0) is 37.6 Å². The number of nitriles is 1. The molecule has 4 rings (SSSR count). The maximum atomic E-state index is 13.2. The van der Waals surface area contributed by atoms with Crippen molar-refractivity contribution in [3.63, 3.8) is 0 Å². The fourth-order valence-electron chi connectivity index (χ4n) is 4.07. The molecule has 11 heteroatoms. The maximum absolute atomic E-state index is 13.2. The summed E-state index contributed by atoms with van der Waals surface area (Å²) >= 11 is 0. The van der Waals surface area contributed by atoms with E-state index >= 15 is 0 Å². The van der Waals surface area contributed by atoms with E-state index in [9.17, 15) is 28.4 Å². The standard InChI is InChI=1S/C23H23N5O5S/c1-14-11-17(15(2)25-19-6-4-3-5-16(19)23(30)31)21-26-20(18(12-24)22(29)28(21)13-14)27-7-9-34(32,33)10-8-27/h3-6,11,13,15,25H,7-10H2,1-2H3,(H,30,31)/t15-/m1/s1. The van der Waals surface area contributed by atoms with Crippen molar-refractivity contribution in [2.24, 2.45) is 0 Å². The summed E-state index contributed by atoms with van der Waals surface area (Å²) in [4.78, 5) is 31.2. The van der Waals surface area contributed by atoms with Gasteiger partial charge in [0, 0.05) is 30.5 Å². The normalized spacial score (nSPS) is 16.1. The van der Waals surface area contributed by atoms with E-state index in [1.54, 1.807) is 29.3 Å². The predicted octanol–water partition coefficient (Wildman–Crippen LogP) is 1.98. The fraction of sp³-hybridized carbons (Fsp3) is 0.304. The quantitative estimate of drug-likeness (QED) is 0.559. The van der Waals surface area contributed by atoms with Gasteiger partial charge in [0.1, 0.15) is 11.7 Å². The van der Waals surface area contributed by atoms with Gasteiger partial charge in [-0.3, -0.25) is 9.20 Å². The molecule has 1 aliphatic heterocycles. The van der Waals surface area contributed by atoms with Crippen molar-refractivity contribution in [2.45, 2.75) is 19.9 Å².